The lowest BCUT2D eigenvalue weighted by molar-refractivity contribution is 1.15. The van der Waals surface area contributed by atoms with Crippen molar-refractivity contribution in [3.8, 4) is 0 Å². The second-order valence-corrected chi connectivity index (χ2v) is 3.11. The first-order valence-corrected chi connectivity index (χ1v) is 4.16. The fraction of sp³-hybridized carbons (Fsp3) is 0.273. The van der Waals surface area contributed by atoms with Gasteiger partial charge in [-0.15, -0.1) is 0 Å². The average molecular weight is 161 g/mol. The van der Waals surface area contributed by atoms with Gasteiger partial charge in [0.25, 0.3) is 0 Å². The number of benzene rings is 1. The van der Waals surface area contributed by atoms with Gasteiger partial charge in [-0.05, 0) is 19.4 Å². The van der Waals surface area contributed by atoms with Crippen molar-refractivity contribution in [3.63, 3.8) is 0 Å². The molecule has 0 bridgehead atoms. The Bertz CT molecular complexity index is 287. The van der Waals surface area contributed by atoms with E-state index in [2.05, 4.69) is 37.3 Å². The topological polar surface area (TPSA) is 26.0 Å². The molecular weight excluding hydrogens is 146 g/mol. The van der Waals surface area contributed by atoms with Gasteiger partial charge in [-0.1, -0.05) is 41.5 Å². The van der Waals surface area contributed by atoms with Crippen molar-refractivity contribution < 1.29 is 0 Å². The van der Waals surface area contributed by atoms with Crippen molar-refractivity contribution in [2.24, 2.45) is 5.73 Å². The molecule has 0 saturated carbocycles. The second kappa shape index (κ2) is 4.07. The highest BCUT2D eigenvalue weighted by Crippen LogP contribution is 2.07. The predicted octanol–water partition coefficient (Wildman–Crippen LogP) is 2.36. The first-order valence-electron chi connectivity index (χ1n) is 4.16. The van der Waals surface area contributed by atoms with Crippen molar-refractivity contribution in [1.29, 1.82) is 0 Å². The van der Waals surface area contributed by atoms with Gasteiger partial charge < -0.3 is 5.73 Å². The first kappa shape index (κ1) is 9.01. The normalized spacial score (nSPS) is 11.8. The molecule has 1 rings (SSSR count). The highest BCUT2D eigenvalue weighted by atomic mass is 14.5. The largest absolute Gasteiger partial charge is 0.327 e. The van der Waals surface area contributed by atoms with Gasteiger partial charge >= 0.3 is 0 Å². The summed E-state index contributed by atoms with van der Waals surface area (Å²) in [5, 5.41) is 0. The summed E-state index contributed by atoms with van der Waals surface area (Å²) in [6, 6.07) is 8.39. The highest BCUT2D eigenvalue weighted by Gasteiger charge is 1.89. The fourth-order valence-corrected chi connectivity index (χ4v) is 1.10. The summed E-state index contributed by atoms with van der Waals surface area (Å²) < 4.78 is 0. The van der Waals surface area contributed by atoms with E-state index in [1.165, 1.54) is 16.7 Å². The molecule has 0 atom stereocenters. The first-order chi connectivity index (χ1) is 5.72. The van der Waals surface area contributed by atoms with Crippen LogP contribution in [0.5, 0.6) is 0 Å². The quantitative estimate of drug-likeness (QED) is 0.708. The number of nitrogens with two attached hydrogens (primary N) is 1. The van der Waals surface area contributed by atoms with E-state index in [0.717, 1.165) is 0 Å². The number of aryl methyl sites for hydroxylation is 1. The molecule has 0 saturated heterocycles. The zero-order valence-corrected chi connectivity index (χ0v) is 7.67. The summed E-state index contributed by atoms with van der Waals surface area (Å²) in [6.45, 7) is 4.77. The Kier molecular flexibility index (Phi) is 3.06. The number of hydrogen-bond acceptors (Lipinski definition) is 1. The van der Waals surface area contributed by atoms with Crippen LogP contribution >= 0.6 is 0 Å². The van der Waals surface area contributed by atoms with Gasteiger partial charge in [0.2, 0.25) is 0 Å². The monoisotopic (exact) mass is 161 g/mol. The van der Waals surface area contributed by atoms with E-state index in [1.54, 1.807) is 0 Å². The third-order valence-corrected chi connectivity index (χ3v) is 1.78. The summed E-state index contributed by atoms with van der Waals surface area (Å²) in [4.78, 5) is 0. The molecule has 0 aromatic heterocycles. The molecule has 1 aromatic rings. The maximum atomic E-state index is 5.49. The molecular formula is C11H15N. The molecule has 64 valence electrons. The molecule has 0 aliphatic heterocycles. The lowest BCUT2D eigenvalue weighted by atomic mass is 10.1. The van der Waals surface area contributed by atoms with Gasteiger partial charge in [0.05, 0.1) is 0 Å². The molecule has 1 aromatic carbocycles. The third-order valence-electron chi connectivity index (χ3n) is 1.78. The Morgan fingerprint density at radius 2 is 2.25 bits per heavy atom. The van der Waals surface area contributed by atoms with Gasteiger partial charge in [0.15, 0.2) is 0 Å². The third kappa shape index (κ3) is 2.51. The summed E-state index contributed by atoms with van der Waals surface area (Å²) in [7, 11) is 0. The maximum Gasteiger partial charge on any atom is 0.0137 e. The molecule has 0 amide bonds. The molecule has 1 heteroatoms. The van der Waals surface area contributed by atoms with Gasteiger partial charge in [-0.25, -0.2) is 0 Å². The van der Waals surface area contributed by atoms with Gasteiger partial charge in [-0.2, -0.15) is 0 Å². The summed E-state index contributed by atoms with van der Waals surface area (Å²) in [5.41, 5.74) is 9.22. The zero-order valence-electron chi connectivity index (χ0n) is 7.67. The van der Waals surface area contributed by atoms with Crippen molar-refractivity contribution in [2.45, 2.75) is 13.8 Å². The van der Waals surface area contributed by atoms with Crippen LogP contribution < -0.4 is 5.73 Å². The van der Waals surface area contributed by atoms with Crippen LogP contribution in [0.1, 0.15) is 18.1 Å². The summed E-state index contributed by atoms with van der Waals surface area (Å²) in [5.74, 6) is 0. The van der Waals surface area contributed by atoms with E-state index in [-0.39, 0.29) is 0 Å². The highest BCUT2D eigenvalue weighted by molar-refractivity contribution is 5.53. The molecule has 0 aliphatic carbocycles. The molecule has 0 heterocycles. The molecule has 2 N–H and O–H groups in total. The van der Waals surface area contributed by atoms with Crippen molar-refractivity contribution >= 4 is 6.08 Å². The second-order valence-electron chi connectivity index (χ2n) is 3.11. The Labute approximate surface area is 73.9 Å². The molecule has 0 aliphatic rings. The van der Waals surface area contributed by atoms with Gasteiger partial charge in [0.1, 0.15) is 0 Å². The molecule has 0 radical (unpaired) electrons. The molecule has 12 heavy (non-hydrogen) atoms. The standard InChI is InChI=1S/C11H15N/c1-9-4-3-5-11(6-9)7-10(2)8-12/h3-7H,8,12H2,1-2H3/b10-7-. The van der Waals surface area contributed by atoms with Crippen LogP contribution in [0.25, 0.3) is 6.08 Å². The zero-order chi connectivity index (χ0) is 8.97. The van der Waals surface area contributed by atoms with Crippen LogP contribution in [0.4, 0.5) is 0 Å². The van der Waals surface area contributed by atoms with Crippen LogP contribution in [0.3, 0.4) is 0 Å². The molecule has 0 spiro atoms. The van der Waals surface area contributed by atoms with Crippen LogP contribution in [0, 0.1) is 6.92 Å². The van der Waals surface area contributed by atoms with Crippen molar-refractivity contribution in [1.82, 2.24) is 0 Å². The van der Waals surface area contributed by atoms with Gasteiger partial charge in [0, 0.05) is 6.54 Å². The van der Waals surface area contributed by atoms with Gasteiger partial charge in [-0.3, -0.25) is 0 Å². The Balaban J connectivity index is 2.89. The SMILES string of the molecule is C/C(=C/c1cccc(C)c1)CN. The van der Waals surface area contributed by atoms with Crippen LogP contribution in [0.2, 0.25) is 0 Å². The van der Waals surface area contributed by atoms with Crippen molar-refractivity contribution in [3.05, 3.63) is 41.0 Å². The lowest BCUT2D eigenvalue weighted by Gasteiger charge is -1.98. The summed E-state index contributed by atoms with van der Waals surface area (Å²) >= 11 is 0. The van der Waals surface area contributed by atoms with Crippen LogP contribution in [-0.2, 0) is 0 Å². The van der Waals surface area contributed by atoms with E-state index >= 15 is 0 Å². The molecule has 0 unspecified atom stereocenters. The molecule has 1 nitrogen and oxygen atoms in total. The van der Waals surface area contributed by atoms with E-state index in [0.29, 0.717) is 6.54 Å². The van der Waals surface area contributed by atoms with Crippen molar-refractivity contribution in [2.75, 3.05) is 6.54 Å². The van der Waals surface area contributed by atoms with E-state index in [9.17, 15) is 0 Å². The van der Waals surface area contributed by atoms with E-state index in [4.69, 9.17) is 5.73 Å². The Hall–Kier alpha value is -1.08. The number of hydrogen-bond donors (Lipinski definition) is 1. The predicted molar refractivity (Wildman–Crippen MR) is 53.9 cm³/mol. The van der Waals surface area contributed by atoms with Crippen LogP contribution in [-0.4, -0.2) is 6.54 Å². The minimum Gasteiger partial charge on any atom is -0.327 e. The molecule has 0 fully saturated rings. The van der Waals surface area contributed by atoms with E-state index < -0.39 is 0 Å². The van der Waals surface area contributed by atoms with E-state index in [1.807, 2.05) is 6.92 Å². The number of rotatable bonds is 2. The Morgan fingerprint density at radius 1 is 1.50 bits per heavy atom. The average Bonchev–Trinajstić information content (AvgIpc) is 2.04. The smallest absolute Gasteiger partial charge is 0.0137 e. The fourth-order valence-electron chi connectivity index (χ4n) is 1.10. The maximum absolute atomic E-state index is 5.49. The minimum absolute atomic E-state index is 0.633. The Morgan fingerprint density at radius 3 is 2.83 bits per heavy atom. The summed E-state index contributed by atoms with van der Waals surface area (Å²) in [6.07, 6.45) is 2.12. The minimum atomic E-state index is 0.633. The van der Waals surface area contributed by atoms with Crippen LogP contribution in [0.15, 0.2) is 29.8 Å². The lowest BCUT2D eigenvalue weighted by Crippen LogP contribution is -1.99.